The Morgan fingerprint density at radius 1 is 1.64 bits per heavy atom. The second-order valence-corrected chi connectivity index (χ2v) is 2.73. The zero-order chi connectivity index (χ0) is 8.69. The zero-order valence-electron chi connectivity index (χ0n) is 6.79. The molecule has 3 nitrogen and oxygen atoms in total. The summed E-state index contributed by atoms with van der Waals surface area (Å²) in [6, 6.07) is 0. The topological polar surface area (TPSA) is 63.3 Å². The van der Waals surface area contributed by atoms with Crippen LogP contribution in [0.4, 0.5) is 4.79 Å². The maximum atomic E-state index is 8.78. The van der Waals surface area contributed by atoms with Crippen molar-refractivity contribution in [3.8, 4) is 0 Å². The Morgan fingerprint density at radius 3 is 2.36 bits per heavy atom. The van der Waals surface area contributed by atoms with Gasteiger partial charge in [-0.2, -0.15) is 0 Å². The molecule has 0 bridgehead atoms. The Labute approximate surface area is 66.9 Å². The Bertz CT molecular complexity index is 139. The van der Waals surface area contributed by atoms with Crippen molar-refractivity contribution in [1.29, 1.82) is 0 Å². The predicted octanol–water partition coefficient (Wildman–Crippen LogP) is 1.99. The molecule has 3 N–H and O–H groups in total. The number of carboxylic acid groups (broad SMARTS) is 1. The molecular formula is C8H15NO2. The summed E-state index contributed by atoms with van der Waals surface area (Å²) in [7, 11) is 0. The van der Waals surface area contributed by atoms with Crippen LogP contribution in [0.25, 0.3) is 0 Å². The zero-order valence-corrected chi connectivity index (χ0v) is 6.79. The molecule has 1 rings (SSSR count). The number of primary amides is 1. The standard InChI is InChI=1S/C7H12.CH3NO2/c1-7-5-3-2-4-6-7;2-1(3)4/h2-3,7H,4-6H2,1H3;2H2,(H,3,4). The highest BCUT2D eigenvalue weighted by atomic mass is 16.4. The van der Waals surface area contributed by atoms with E-state index in [9.17, 15) is 0 Å². The van der Waals surface area contributed by atoms with Gasteiger partial charge in [0.25, 0.3) is 0 Å². The minimum absolute atomic E-state index is 0.949. The van der Waals surface area contributed by atoms with Crippen molar-refractivity contribution in [3.63, 3.8) is 0 Å². The number of hydrogen-bond acceptors (Lipinski definition) is 1. The Morgan fingerprint density at radius 2 is 2.18 bits per heavy atom. The highest BCUT2D eigenvalue weighted by molar-refractivity contribution is 5.61. The number of carbonyl (C=O) groups is 1. The van der Waals surface area contributed by atoms with Crippen LogP contribution in [0.2, 0.25) is 0 Å². The average molecular weight is 157 g/mol. The van der Waals surface area contributed by atoms with Gasteiger partial charge in [0.2, 0.25) is 0 Å². The third kappa shape index (κ3) is 9.01. The fourth-order valence-electron chi connectivity index (χ4n) is 0.945. The van der Waals surface area contributed by atoms with E-state index in [-0.39, 0.29) is 0 Å². The first-order chi connectivity index (χ1) is 5.13. The molecule has 1 amide bonds. The molecular weight excluding hydrogens is 142 g/mol. The van der Waals surface area contributed by atoms with Crippen molar-refractivity contribution in [2.45, 2.75) is 26.2 Å². The summed E-state index contributed by atoms with van der Waals surface area (Å²) < 4.78 is 0. The van der Waals surface area contributed by atoms with E-state index < -0.39 is 6.09 Å². The first kappa shape index (κ1) is 10.0. The van der Waals surface area contributed by atoms with Crippen LogP contribution in [-0.2, 0) is 0 Å². The Hall–Kier alpha value is -0.990. The van der Waals surface area contributed by atoms with E-state index in [1.807, 2.05) is 0 Å². The van der Waals surface area contributed by atoms with Gasteiger partial charge in [0.1, 0.15) is 0 Å². The molecule has 0 aromatic heterocycles. The molecule has 0 heterocycles. The molecule has 0 saturated carbocycles. The largest absolute Gasteiger partial charge is 0.465 e. The number of amides is 1. The van der Waals surface area contributed by atoms with Crippen LogP contribution in [-0.4, -0.2) is 11.2 Å². The van der Waals surface area contributed by atoms with E-state index in [0.717, 1.165) is 5.92 Å². The second kappa shape index (κ2) is 5.77. The molecule has 0 saturated heterocycles. The lowest BCUT2D eigenvalue weighted by Crippen LogP contribution is -2.03. The third-order valence-corrected chi connectivity index (χ3v) is 1.53. The van der Waals surface area contributed by atoms with Crippen LogP contribution >= 0.6 is 0 Å². The molecule has 1 atom stereocenters. The quantitative estimate of drug-likeness (QED) is 0.528. The molecule has 0 aromatic carbocycles. The van der Waals surface area contributed by atoms with Gasteiger partial charge in [-0.25, -0.2) is 4.79 Å². The van der Waals surface area contributed by atoms with Crippen LogP contribution in [0.15, 0.2) is 12.2 Å². The van der Waals surface area contributed by atoms with Gasteiger partial charge in [-0.05, 0) is 25.2 Å². The summed E-state index contributed by atoms with van der Waals surface area (Å²) in [5, 5.41) is 7.19. The summed E-state index contributed by atoms with van der Waals surface area (Å²) in [5.74, 6) is 0.949. The van der Waals surface area contributed by atoms with E-state index in [0.29, 0.717) is 0 Å². The van der Waals surface area contributed by atoms with Gasteiger partial charge in [0, 0.05) is 0 Å². The van der Waals surface area contributed by atoms with Crippen molar-refractivity contribution in [1.82, 2.24) is 0 Å². The monoisotopic (exact) mass is 157 g/mol. The van der Waals surface area contributed by atoms with E-state index in [4.69, 9.17) is 9.90 Å². The lowest BCUT2D eigenvalue weighted by molar-refractivity contribution is 0.205. The minimum Gasteiger partial charge on any atom is -0.465 e. The fraction of sp³-hybridized carbons (Fsp3) is 0.625. The summed E-state index contributed by atoms with van der Waals surface area (Å²) in [6.07, 6.45) is 7.24. The Balaban J connectivity index is 0.000000218. The van der Waals surface area contributed by atoms with Crippen molar-refractivity contribution < 1.29 is 9.90 Å². The number of rotatable bonds is 0. The summed E-state index contributed by atoms with van der Waals surface area (Å²) >= 11 is 0. The summed E-state index contributed by atoms with van der Waals surface area (Å²) in [4.78, 5) is 8.78. The van der Waals surface area contributed by atoms with Gasteiger partial charge < -0.3 is 10.8 Å². The summed E-state index contributed by atoms with van der Waals surface area (Å²) in [5.41, 5.74) is 4.03. The number of nitrogens with two attached hydrogens (primary N) is 1. The van der Waals surface area contributed by atoms with Crippen LogP contribution < -0.4 is 5.73 Å². The van der Waals surface area contributed by atoms with Crippen molar-refractivity contribution in [2.75, 3.05) is 0 Å². The van der Waals surface area contributed by atoms with E-state index in [1.165, 1.54) is 19.3 Å². The molecule has 0 aliphatic heterocycles. The predicted molar refractivity (Wildman–Crippen MR) is 44.4 cm³/mol. The van der Waals surface area contributed by atoms with Crippen molar-refractivity contribution >= 4 is 6.09 Å². The van der Waals surface area contributed by atoms with Crippen LogP contribution in [0.1, 0.15) is 26.2 Å². The molecule has 11 heavy (non-hydrogen) atoms. The van der Waals surface area contributed by atoms with Gasteiger partial charge in [-0.15, -0.1) is 0 Å². The SMILES string of the molecule is CC1CC=CCC1.NC(=O)O. The number of allylic oxidation sites excluding steroid dienone is 2. The average Bonchev–Trinajstić information content (AvgIpc) is 1.87. The van der Waals surface area contributed by atoms with E-state index >= 15 is 0 Å². The normalized spacial score (nSPS) is 21.7. The molecule has 0 fully saturated rings. The van der Waals surface area contributed by atoms with Gasteiger partial charge in [0.05, 0.1) is 0 Å². The third-order valence-electron chi connectivity index (χ3n) is 1.53. The van der Waals surface area contributed by atoms with E-state index in [2.05, 4.69) is 24.8 Å². The van der Waals surface area contributed by atoms with Gasteiger partial charge in [0.15, 0.2) is 0 Å². The highest BCUT2D eigenvalue weighted by Gasteiger charge is 2.00. The molecule has 0 spiro atoms. The second-order valence-electron chi connectivity index (χ2n) is 2.73. The molecule has 3 heteroatoms. The van der Waals surface area contributed by atoms with Gasteiger partial charge >= 0.3 is 6.09 Å². The van der Waals surface area contributed by atoms with Crippen molar-refractivity contribution in [2.24, 2.45) is 11.7 Å². The minimum atomic E-state index is -1.33. The smallest absolute Gasteiger partial charge is 0.402 e. The first-order valence-electron chi connectivity index (χ1n) is 3.76. The molecule has 1 aliphatic rings. The molecule has 0 aromatic rings. The van der Waals surface area contributed by atoms with Crippen molar-refractivity contribution in [3.05, 3.63) is 12.2 Å². The van der Waals surface area contributed by atoms with Gasteiger partial charge in [-0.3, -0.25) is 0 Å². The van der Waals surface area contributed by atoms with E-state index in [1.54, 1.807) is 0 Å². The maximum absolute atomic E-state index is 8.78. The lowest BCUT2D eigenvalue weighted by Gasteiger charge is -2.09. The fourth-order valence-corrected chi connectivity index (χ4v) is 0.945. The lowest BCUT2D eigenvalue weighted by atomic mass is 9.97. The Kier molecular flexibility index (Phi) is 5.25. The number of hydrogen-bond donors (Lipinski definition) is 2. The molecule has 64 valence electrons. The molecule has 1 aliphatic carbocycles. The first-order valence-corrected chi connectivity index (χ1v) is 3.76. The molecule has 1 unspecified atom stereocenters. The highest BCUT2D eigenvalue weighted by Crippen LogP contribution is 2.15. The molecule has 0 radical (unpaired) electrons. The van der Waals surface area contributed by atoms with Crippen LogP contribution in [0, 0.1) is 5.92 Å². The van der Waals surface area contributed by atoms with Crippen LogP contribution in [0.3, 0.4) is 0 Å². The summed E-state index contributed by atoms with van der Waals surface area (Å²) in [6.45, 7) is 2.31. The van der Waals surface area contributed by atoms with Gasteiger partial charge in [-0.1, -0.05) is 19.1 Å². The van der Waals surface area contributed by atoms with Crippen LogP contribution in [0.5, 0.6) is 0 Å². The maximum Gasteiger partial charge on any atom is 0.402 e.